The number of aliphatic imine (C=N–C) groups is 1. The van der Waals surface area contributed by atoms with Crippen molar-refractivity contribution in [3.8, 4) is 0 Å². The number of rotatable bonds is 5. The Labute approximate surface area is 128 Å². The smallest absolute Gasteiger partial charge is 0.387 e. The van der Waals surface area contributed by atoms with Crippen molar-refractivity contribution >= 4 is 19.5 Å². The second kappa shape index (κ2) is 6.51. The molecule has 5 atom stereocenters. The first-order chi connectivity index (χ1) is 10.6. The fourth-order valence-electron chi connectivity index (χ4n) is 1.94. The minimum atomic E-state index is -5.03. The number of nitrogen functional groups attached to an aromatic ring is 1. The number of aromatic nitrogens is 2. The van der Waals surface area contributed by atoms with Gasteiger partial charge in [-0.2, -0.15) is 0 Å². The number of nitrogens with zero attached hydrogens (tertiary/aromatic N) is 2. The van der Waals surface area contributed by atoms with Gasteiger partial charge in [-0.05, 0) is 0 Å². The number of hydrogen-bond acceptors (Lipinski definition) is 9. The normalized spacial score (nSPS) is 30.6. The first-order valence-corrected chi connectivity index (χ1v) is 7.69. The maximum absolute atomic E-state index is 10.7. The molecule has 13 nitrogen and oxygen atoms in total. The van der Waals surface area contributed by atoms with E-state index in [1.54, 1.807) is 0 Å². The van der Waals surface area contributed by atoms with Crippen LogP contribution in [0, 0.1) is 0 Å². The van der Waals surface area contributed by atoms with E-state index >= 15 is 0 Å². The Bertz CT molecular complexity index is 631. The summed E-state index contributed by atoms with van der Waals surface area (Å²) in [5.74, 6) is -0.150. The summed E-state index contributed by atoms with van der Waals surface area (Å²) < 4.78 is 19.7. The molecule has 0 amide bonds. The minimum Gasteiger partial charge on any atom is -0.387 e. The number of aliphatic hydroxyl groups excluding tert-OH is 3. The molecule has 2 rings (SSSR count). The van der Waals surface area contributed by atoms with Crippen LogP contribution in [0.1, 0.15) is 5.69 Å². The molecule has 1 unspecified atom stereocenters. The molecule has 1 aromatic rings. The van der Waals surface area contributed by atoms with Crippen LogP contribution < -0.4 is 11.5 Å². The maximum Gasteiger partial charge on any atom is 0.472 e. The molecule has 10 N–H and O–H groups in total. The van der Waals surface area contributed by atoms with Crippen LogP contribution >= 0.6 is 7.82 Å². The van der Waals surface area contributed by atoms with E-state index in [-0.39, 0.29) is 17.3 Å². The van der Waals surface area contributed by atoms with Crippen LogP contribution in [0.4, 0.5) is 5.82 Å². The number of aromatic amines is 1. The number of anilines is 1. The van der Waals surface area contributed by atoms with E-state index < -0.39 is 38.7 Å². The lowest BCUT2D eigenvalue weighted by Crippen LogP contribution is -2.39. The number of phosphoric acid groups is 1. The Balaban J connectivity index is 2.13. The standard InChI is InChI=1S/C9H16N5O8P/c10-6-2(12-1-13-6)7(11)14-8-4(16)3(15)5(21-8)9(17)22-23(18,19)20/h1,3-5,8-9,15-17H,10H2,(H2,11,14)(H,12,13)(H2,18,19,20)/t3-,4+,5-,8+,9?/m0/s1. The molecule has 0 saturated carbocycles. The zero-order valence-electron chi connectivity index (χ0n) is 11.4. The van der Waals surface area contributed by atoms with Gasteiger partial charge in [0.2, 0.25) is 0 Å². The van der Waals surface area contributed by atoms with Gasteiger partial charge in [-0.15, -0.1) is 0 Å². The maximum atomic E-state index is 10.7. The van der Waals surface area contributed by atoms with Gasteiger partial charge in [0.1, 0.15) is 29.8 Å². The highest BCUT2D eigenvalue weighted by atomic mass is 31.2. The van der Waals surface area contributed by atoms with Gasteiger partial charge in [0.15, 0.2) is 18.3 Å². The molecule has 0 spiro atoms. The van der Waals surface area contributed by atoms with Gasteiger partial charge >= 0.3 is 7.82 Å². The molecule has 1 fully saturated rings. The van der Waals surface area contributed by atoms with Crippen molar-refractivity contribution in [3.05, 3.63) is 12.0 Å². The van der Waals surface area contributed by atoms with Gasteiger partial charge in [-0.1, -0.05) is 0 Å². The van der Waals surface area contributed by atoms with E-state index in [9.17, 15) is 19.9 Å². The summed E-state index contributed by atoms with van der Waals surface area (Å²) in [6.07, 6.45) is -7.37. The number of ether oxygens (including phenoxy) is 1. The molecule has 1 aromatic heterocycles. The van der Waals surface area contributed by atoms with Gasteiger partial charge in [0.05, 0.1) is 6.33 Å². The summed E-state index contributed by atoms with van der Waals surface area (Å²) >= 11 is 0. The van der Waals surface area contributed by atoms with Crippen molar-refractivity contribution in [2.45, 2.75) is 30.8 Å². The van der Waals surface area contributed by atoms with Crippen molar-refractivity contribution < 1.29 is 38.9 Å². The van der Waals surface area contributed by atoms with Gasteiger partial charge in [-0.3, -0.25) is 4.52 Å². The predicted octanol–water partition coefficient (Wildman–Crippen LogP) is -3.43. The second-order valence-corrected chi connectivity index (χ2v) is 5.83. The van der Waals surface area contributed by atoms with Crippen LogP contribution in [0.15, 0.2) is 11.3 Å². The Hall–Kier alpha value is -1.57. The summed E-state index contributed by atoms with van der Waals surface area (Å²) in [6.45, 7) is 0. The van der Waals surface area contributed by atoms with E-state index in [2.05, 4.69) is 19.5 Å². The van der Waals surface area contributed by atoms with E-state index in [4.69, 9.17) is 26.0 Å². The number of phosphoric ester groups is 1. The van der Waals surface area contributed by atoms with Crippen molar-refractivity contribution in [3.63, 3.8) is 0 Å². The molecule has 0 radical (unpaired) electrons. The molecule has 1 aliphatic heterocycles. The number of H-pyrrole nitrogens is 1. The Morgan fingerprint density at radius 3 is 2.65 bits per heavy atom. The van der Waals surface area contributed by atoms with Crippen LogP contribution in [0.2, 0.25) is 0 Å². The average molecular weight is 353 g/mol. The van der Waals surface area contributed by atoms with Gasteiger partial charge in [-0.25, -0.2) is 14.5 Å². The Kier molecular flexibility index (Phi) is 5.03. The largest absolute Gasteiger partial charge is 0.472 e. The molecule has 14 heteroatoms. The van der Waals surface area contributed by atoms with Crippen LogP contribution in [-0.4, -0.2) is 71.7 Å². The lowest BCUT2D eigenvalue weighted by molar-refractivity contribution is -0.152. The summed E-state index contributed by atoms with van der Waals surface area (Å²) in [5, 5.41) is 29.1. The third kappa shape index (κ3) is 4.04. The van der Waals surface area contributed by atoms with Gasteiger partial charge in [0.25, 0.3) is 0 Å². The van der Waals surface area contributed by atoms with Crippen molar-refractivity contribution in [2.75, 3.05) is 5.73 Å². The van der Waals surface area contributed by atoms with Crippen LogP contribution in [0.3, 0.4) is 0 Å². The molecular weight excluding hydrogens is 337 g/mol. The quantitative estimate of drug-likeness (QED) is 0.112. The zero-order chi connectivity index (χ0) is 17.4. The molecule has 0 aromatic carbocycles. The topological polar surface area (TPSA) is 230 Å². The monoisotopic (exact) mass is 353 g/mol. The number of aliphatic hydroxyl groups is 3. The number of nitrogens with two attached hydrogens (primary N) is 2. The van der Waals surface area contributed by atoms with Crippen LogP contribution in [0.5, 0.6) is 0 Å². The van der Waals surface area contributed by atoms with E-state index in [0.29, 0.717) is 0 Å². The van der Waals surface area contributed by atoms with E-state index in [0.717, 1.165) is 0 Å². The SMILES string of the molecule is NC(=N[C@@H]1O[C@H](C(O)OP(=O)(O)O)[C@@H](O)[C@H]1O)c1[nH]cnc1N. The first kappa shape index (κ1) is 17.8. The fraction of sp³-hybridized carbons (Fsp3) is 0.556. The highest BCUT2D eigenvalue weighted by Crippen LogP contribution is 2.39. The highest BCUT2D eigenvalue weighted by Gasteiger charge is 2.48. The number of hydrogen-bond donors (Lipinski definition) is 8. The average Bonchev–Trinajstić information content (AvgIpc) is 2.95. The van der Waals surface area contributed by atoms with Crippen LogP contribution in [0.25, 0.3) is 0 Å². The Morgan fingerprint density at radius 1 is 1.48 bits per heavy atom. The number of amidine groups is 1. The van der Waals surface area contributed by atoms with Crippen molar-refractivity contribution in [1.29, 1.82) is 0 Å². The molecule has 2 heterocycles. The lowest BCUT2D eigenvalue weighted by atomic mass is 10.1. The second-order valence-electron chi connectivity index (χ2n) is 4.64. The summed E-state index contributed by atoms with van der Waals surface area (Å²) in [7, 11) is -5.03. The van der Waals surface area contributed by atoms with E-state index in [1.165, 1.54) is 6.33 Å². The van der Waals surface area contributed by atoms with Crippen molar-refractivity contribution in [1.82, 2.24) is 9.97 Å². The molecule has 130 valence electrons. The fourth-order valence-corrected chi connectivity index (χ4v) is 2.34. The molecule has 1 saturated heterocycles. The third-order valence-electron chi connectivity index (χ3n) is 2.99. The molecule has 1 aliphatic rings. The predicted molar refractivity (Wildman–Crippen MR) is 73.5 cm³/mol. The van der Waals surface area contributed by atoms with Gasteiger partial charge < -0.3 is 46.3 Å². The molecule has 0 aliphatic carbocycles. The van der Waals surface area contributed by atoms with Crippen LogP contribution in [-0.2, 0) is 13.8 Å². The summed E-state index contributed by atoms with van der Waals surface area (Å²) in [5.41, 5.74) is 11.3. The van der Waals surface area contributed by atoms with E-state index in [1.807, 2.05) is 0 Å². The lowest BCUT2D eigenvalue weighted by Gasteiger charge is -2.20. The molecule has 0 bridgehead atoms. The van der Waals surface area contributed by atoms with Gasteiger partial charge in [0, 0.05) is 0 Å². The third-order valence-corrected chi connectivity index (χ3v) is 3.48. The summed E-state index contributed by atoms with van der Waals surface area (Å²) in [4.78, 5) is 27.3. The minimum absolute atomic E-state index is 0.0423. The Morgan fingerprint density at radius 2 is 2.13 bits per heavy atom. The first-order valence-electron chi connectivity index (χ1n) is 6.16. The summed E-state index contributed by atoms with van der Waals surface area (Å²) in [6, 6.07) is 0. The number of imidazole rings is 1. The number of nitrogens with one attached hydrogen (secondary N) is 1. The molecule has 23 heavy (non-hydrogen) atoms. The zero-order valence-corrected chi connectivity index (χ0v) is 12.3. The molecular formula is C9H16N5O8P. The van der Waals surface area contributed by atoms with Crippen molar-refractivity contribution in [2.24, 2.45) is 10.7 Å². The highest BCUT2D eigenvalue weighted by molar-refractivity contribution is 7.46.